The fourth-order valence-electron chi connectivity index (χ4n) is 1.86. The summed E-state index contributed by atoms with van der Waals surface area (Å²) in [6.07, 6.45) is 0. The lowest BCUT2D eigenvalue weighted by atomic mass is 10.2. The highest BCUT2D eigenvalue weighted by Gasteiger charge is 2.09. The predicted octanol–water partition coefficient (Wildman–Crippen LogP) is 3.99. The molecular formula is C14H11ClN2. The van der Waals surface area contributed by atoms with Gasteiger partial charge in [0.05, 0.1) is 11.2 Å². The molecule has 0 aliphatic carbocycles. The van der Waals surface area contributed by atoms with E-state index in [0.717, 1.165) is 16.6 Å². The number of halogens is 1. The van der Waals surface area contributed by atoms with Gasteiger partial charge in [-0.25, -0.2) is 4.68 Å². The third kappa shape index (κ3) is 1.71. The molecule has 3 rings (SSSR count). The maximum absolute atomic E-state index is 6.33. The maximum Gasteiger partial charge on any atom is 0.140 e. The van der Waals surface area contributed by atoms with Crippen LogP contribution in [0.4, 0.5) is 0 Å². The molecule has 0 bridgehead atoms. The van der Waals surface area contributed by atoms with Crippen molar-refractivity contribution in [3.05, 3.63) is 59.2 Å². The summed E-state index contributed by atoms with van der Waals surface area (Å²) in [6, 6.07) is 16.0. The quantitative estimate of drug-likeness (QED) is 0.631. The van der Waals surface area contributed by atoms with Gasteiger partial charge in [-0.1, -0.05) is 41.4 Å². The van der Waals surface area contributed by atoms with Gasteiger partial charge in [0.25, 0.3) is 0 Å². The lowest BCUT2D eigenvalue weighted by Crippen LogP contribution is -1.95. The van der Waals surface area contributed by atoms with Gasteiger partial charge in [0.15, 0.2) is 0 Å². The van der Waals surface area contributed by atoms with Gasteiger partial charge in [0, 0.05) is 5.39 Å². The summed E-state index contributed by atoms with van der Waals surface area (Å²) in [7, 11) is 0. The van der Waals surface area contributed by atoms with Crippen LogP contribution in [-0.2, 0) is 0 Å². The van der Waals surface area contributed by atoms with Gasteiger partial charge in [-0.2, -0.15) is 5.10 Å². The first-order chi connectivity index (χ1) is 8.25. The molecule has 0 N–H and O–H groups in total. The Morgan fingerprint density at radius 2 is 1.71 bits per heavy atom. The largest absolute Gasteiger partial charge is 0.221 e. The van der Waals surface area contributed by atoms with Gasteiger partial charge < -0.3 is 0 Å². The number of aromatic nitrogens is 2. The fraction of sp³-hybridized carbons (Fsp3) is 0.0714. The molecule has 0 aliphatic heterocycles. The highest BCUT2D eigenvalue weighted by molar-refractivity contribution is 6.34. The Morgan fingerprint density at radius 3 is 2.41 bits per heavy atom. The summed E-state index contributed by atoms with van der Waals surface area (Å²) in [6.45, 7) is 2.06. The van der Waals surface area contributed by atoms with Crippen LogP contribution in [0.25, 0.3) is 16.6 Å². The summed E-state index contributed by atoms with van der Waals surface area (Å²) < 4.78 is 1.77. The van der Waals surface area contributed by atoms with E-state index in [0.29, 0.717) is 5.15 Å². The predicted molar refractivity (Wildman–Crippen MR) is 70.8 cm³/mol. The molecule has 1 aromatic heterocycles. The number of aryl methyl sites for hydroxylation is 1. The van der Waals surface area contributed by atoms with Gasteiger partial charge in [0.1, 0.15) is 5.15 Å². The lowest BCUT2D eigenvalue weighted by Gasteiger charge is -2.02. The summed E-state index contributed by atoms with van der Waals surface area (Å²) in [4.78, 5) is 0. The monoisotopic (exact) mass is 242 g/mol. The number of rotatable bonds is 1. The van der Waals surface area contributed by atoms with E-state index in [9.17, 15) is 0 Å². The average molecular weight is 243 g/mol. The van der Waals surface area contributed by atoms with Crippen molar-refractivity contribution in [2.45, 2.75) is 6.92 Å². The lowest BCUT2D eigenvalue weighted by molar-refractivity contribution is 0.896. The number of hydrogen-bond donors (Lipinski definition) is 0. The topological polar surface area (TPSA) is 17.8 Å². The van der Waals surface area contributed by atoms with Crippen molar-refractivity contribution in [3.63, 3.8) is 0 Å². The molecule has 3 aromatic rings. The van der Waals surface area contributed by atoms with E-state index in [-0.39, 0.29) is 0 Å². The van der Waals surface area contributed by atoms with E-state index < -0.39 is 0 Å². The molecule has 0 amide bonds. The third-order valence-electron chi connectivity index (χ3n) is 2.80. The Kier molecular flexibility index (Phi) is 2.37. The van der Waals surface area contributed by atoms with Crippen LogP contribution in [0.2, 0.25) is 5.15 Å². The summed E-state index contributed by atoms with van der Waals surface area (Å²) in [5.74, 6) is 0. The van der Waals surface area contributed by atoms with Crippen molar-refractivity contribution in [1.29, 1.82) is 0 Å². The second-order valence-corrected chi connectivity index (χ2v) is 4.41. The van der Waals surface area contributed by atoms with Crippen molar-refractivity contribution in [2.75, 3.05) is 0 Å². The van der Waals surface area contributed by atoms with Crippen LogP contribution in [0, 0.1) is 6.92 Å². The fourth-order valence-corrected chi connectivity index (χ4v) is 2.15. The SMILES string of the molecule is Cc1ccc(-n2nc3ccccc3c2Cl)cc1. The Hall–Kier alpha value is -1.80. The number of fused-ring (bicyclic) bond motifs is 1. The molecule has 17 heavy (non-hydrogen) atoms. The molecule has 2 nitrogen and oxygen atoms in total. The second kappa shape index (κ2) is 3.90. The van der Waals surface area contributed by atoms with E-state index >= 15 is 0 Å². The summed E-state index contributed by atoms with van der Waals surface area (Å²) in [5, 5.41) is 6.14. The standard InChI is InChI=1S/C14H11ClN2/c1-10-6-8-11(9-7-10)17-14(15)12-4-2-3-5-13(12)16-17/h2-9H,1H3. The summed E-state index contributed by atoms with van der Waals surface area (Å²) in [5.41, 5.74) is 3.12. The molecule has 0 aliphatic rings. The zero-order valence-electron chi connectivity index (χ0n) is 9.39. The molecule has 1 heterocycles. The van der Waals surface area contributed by atoms with E-state index in [2.05, 4.69) is 24.2 Å². The maximum atomic E-state index is 6.33. The highest BCUT2D eigenvalue weighted by Crippen LogP contribution is 2.25. The first-order valence-electron chi connectivity index (χ1n) is 5.46. The van der Waals surface area contributed by atoms with Crippen LogP contribution in [0.15, 0.2) is 48.5 Å². The van der Waals surface area contributed by atoms with E-state index in [4.69, 9.17) is 11.6 Å². The molecule has 0 saturated heterocycles. The molecule has 0 unspecified atom stereocenters. The van der Waals surface area contributed by atoms with Gasteiger partial charge in [-0.05, 0) is 31.2 Å². The molecule has 0 radical (unpaired) electrons. The number of nitrogens with zero attached hydrogens (tertiary/aromatic N) is 2. The van der Waals surface area contributed by atoms with Gasteiger partial charge >= 0.3 is 0 Å². The molecular weight excluding hydrogens is 232 g/mol. The van der Waals surface area contributed by atoms with Crippen LogP contribution in [-0.4, -0.2) is 9.78 Å². The Balaban J connectivity index is 2.24. The van der Waals surface area contributed by atoms with Crippen LogP contribution in [0.3, 0.4) is 0 Å². The highest BCUT2D eigenvalue weighted by atomic mass is 35.5. The second-order valence-electron chi connectivity index (χ2n) is 4.06. The normalized spacial score (nSPS) is 10.9. The van der Waals surface area contributed by atoms with Crippen LogP contribution in [0.1, 0.15) is 5.56 Å². The van der Waals surface area contributed by atoms with Gasteiger partial charge in [0.2, 0.25) is 0 Å². The van der Waals surface area contributed by atoms with Crippen molar-refractivity contribution < 1.29 is 0 Å². The van der Waals surface area contributed by atoms with Crippen molar-refractivity contribution in [3.8, 4) is 5.69 Å². The van der Waals surface area contributed by atoms with Gasteiger partial charge in [-0.3, -0.25) is 0 Å². The molecule has 0 atom stereocenters. The minimum atomic E-state index is 0.657. The minimum absolute atomic E-state index is 0.657. The van der Waals surface area contributed by atoms with Crippen LogP contribution in [0.5, 0.6) is 0 Å². The third-order valence-corrected chi connectivity index (χ3v) is 3.16. The zero-order chi connectivity index (χ0) is 11.8. The van der Waals surface area contributed by atoms with Gasteiger partial charge in [-0.15, -0.1) is 0 Å². The van der Waals surface area contributed by atoms with Crippen LogP contribution < -0.4 is 0 Å². The Labute approximate surface area is 104 Å². The first kappa shape index (κ1) is 10.4. The van der Waals surface area contributed by atoms with E-state index in [1.54, 1.807) is 4.68 Å². The Bertz CT molecular complexity index is 668. The zero-order valence-corrected chi connectivity index (χ0v) is 10.1. The first-order valence-corrected chi connectivity index (χ1v) is 5.84. The van der Waals surface area contributed by atoms with Crippen molar-refractivity contribution in [1.82, 2.24) is 9.78 Å². The molecule has 0 saturated carbocycles. The molecule has 3 heteroatoms. The molecule has 0 fully saturated rings. The smallest absolute Gasteiger partial charge is 0.140 e. The van der Waals surface area contributed by atoms with Crippen molar-refractivity contribution in [2.24, 2.45) is 0 Å². The molecule has 0 spiro atoms. The summed E-state index contributed by atoms with van der Waals surface area (Å²) >= 11 is 6.33. The van der Waals surface area contributed by atoms with E-state index in [1.807, 2.05) is 36.4 Å². The number of hydrogen-bond acceptors (Lipinski definition) is 1. The Morgan fingerprint density at radius 1 is 1.00 bits per heavy atom. The van der Waals surface area contributed by atoms with Crippen LogP contribution >= 0.6 is 11.6 Å². The molecule has 2 aromatic carbocycles. The number of benzene rings is 2. The molecule has 84 valence electrons. The minimum Gasteiger partial charge on any atom is -0.221 e. The average Bonchev–Trinajstić information content (AvgIpc) is 2.69. The van der Waals surface area contributed by atoms with E-state index in [1.165, 1.54) is 5.56 Å². The van der Waals surface area contributed by atoms with Crippen molar-refractivity contribution >= 4 is 22.5 Å².